The fourth-order valence-corrected chi connectivity index (χ4v) is 2.78. The zero-order chi connectivity index (χ0) is 14.8. The molecule has 0 radical (unpaired) electrons. The highest BCUT2D eigenvalue weighted by atomic mass is 16.1. The summed E-state index contributed by atoms with van der Waals surface area (Å²) in [5.41, 5.74) is 3.09. The molecule has 3 aromatic rings. The van der Waals surface area contributed by atoms with Crippen molar-refractivity contribution >= 4 is 21.8 Å². The number of pyridine rings is 1. The van der Waals surface area contributed by atoms with E-state index in [-0.39, 0.29) is 5.43 Å². The fraction of sp³-hybridized carbons (Fsp3) is 0.167. The Bertz CT molecular complexity index is 817. The molecule has 3 rings (SSSR count). The van der Waals surface area contributed by atoms with Crippen molar-refractivity contribution in [2.45, 2.75) is 6.54 Å². The molecule has 0 aliphatic rings. The molecule has 0 spiro atoms. The van der Waals surface area contributed by atoms with Crippen LogP contribution in [0.2, 0.25) is 0 Å². The molecular weight excluding hydrogens is 260 g/mol. The summed E-state index contributed by atoms with van der Waals surface area (Å²) in [5, 5.41) is 4.64. The van der Waals surface area contributed by atoms with E-state index in [0.717, 1.165) is 33.9 Å². The Morgan fingerprint density at radius 2 is 1.57 bits per heavy atom. The molecule has 2 aromatic carbocycles. The van der Waals surface area contributed by atoms with E-state index in [2.05, 4.69) is 16.5 Å². The third kappa shape index (κ3) is 2.36. The average molecular weight is 278 g/mol. The van der Waals surface area contributed by atoms with Crippen molar-refractivity contribution in [2.75, 3.05) is 13.6 Å². The fourth-order valence-electron chi connectivity index (χ4n) is 2.78. The molecule has 1 aromatic heterocycles. The lowest BCUT2D eigenvalue weighted by Gasteiger charge is -2.16. The van der Waals surface area contributed by atoms with Gasteiger partial charge in [-0.3, -0.25) is 4.79 Å². The molecule has 0 atom stereocenters. The van der Waals surface area contributed by atoms with Crippen LogP contribution in [-0.4, -0.2) is 18.2 Å². The first kappa shape index (κ1) is 13.6. The number of para-hydroxylation sites is 2. The zero-order valence-corrected chi connectivity index (χ0v) is 12.1. The molecule has 0 amide bonds. The minimum atomic E-state index is 0.0941. The number of nitrogens with one attached hydrogen (secondary N) is 1. The number of nitrogens with zero attached hydrogens (tertiary/aromatic N) is 1. The number of benzene rings is 2. The van der Waals surface area contributed by atoms with Crippen LogP contribution in [0, 0.1) is 0 Å². The number of likely N-dealkylation sites (N-methyl/N-ethyl adjacent to an activating group) is 1. The van der Waals surface area contributed by atoms with Crippen LogP contribution in [0.15, 0.2) is 65.5 Å². The Kier molecular flexibility index (Phi) is 3.59. The Morgan fingerprint density at radius 3 is 2.10 bits per heavy atom. The van der Waals surface area contributed by atoms with Gasteiger partial charge in [-0.2, -0.15) is 0 Å². The SMILES string of the molecule is C=C(CNC)Cn1c2ccccc2c(=O)c2ccccc21. The predicted octanol–water partition coefficient (Wildman–Crippen LogP) is 2.93. The Balaban J connectivity index is 2.35. The number of hydrogen-bond donors (Lipinski definition) is 1. The summed E-state index contributed by atoms with van der Waals surface area (Å²) in [6, 6.07) is 15.5. The molecule has 3 nitrogen and oxygen atoms in total. The van der Waals surface area contributed by atoms with E-state index in [0.29, 0.717) is 6.54 Å². The molecule has 0 bridgehead atoms. The maximum absolute atomic E-state index is 12.6. The highest BCUT2D eigenvalue weighted by Crippen LogP contribution is 2.20. The van der Waals surface area contributed by atoms with Gasteiger partial charge in [-0.1, -0.05) is 30.8 Å². The van der Waals surface area contributed by atoms with Crippen molar-refractivity contribution in [3.8, 4) is 0 Å². The molecule has 0 aliphatic heterocycles. The predicted molar refractivity (Wildman–Crippen MR) is 88.8 cm³/mol. The number of aromatic nitrogens is 1. The molecule has 0 unspecified atom stereocenters. The Labute approximate surface area is 123 Å². The molecule has 1 N–H and O–H groups in total. The first-order valence-electron chi connectivity index (χ1n) is 7.04. The molecule has 0 saturated heterocycles. The first-order chi connectivity index (χ1) is 10.2. The third-order valence-electron chi connectivity index (χ3n) is 3.69. The monoisotopic (exact) mass is 278 g/mol. The van der Waals surface area contributed by atoms with E-state index in [1.54, 1.807) is 0 Å². The lowest BCUT2D eigenvalue weighted by atomic mass is 10.1. The van der Waals surface area contributed by atoms with Gasteiger partial charge in [-0.15, -0.1) is 0 Å². The van der Waals surface area contributed by atoms with Crippen LogP contribution in [0.1, 0.15) is 0 Å². The molecule has 106 valence electrons. The van der Waals surface area contributed by atoms with Crippen LogP contribution in [0.5, 0.6) is 0 Å². The van der Waals surface area contributed by atoms with Crippen molar-refractivity contribution in [1.82, 2.24) is 9.88 Å². The maximum Gasteiger partial charge on any atom is 0.197 e. The Hall–Kier alpha value is -2.39. The standard InChI is InChI=1S/C18H18N2O/c1-13(11-19-2)12-20-16-9-5-3-7-14(16)18(21)15-8-4-6-10-17(15)20/h3-10,19H,1,11-12H2,2H3. The zero-order valence-electron chi connectivity index (χ0n) is 12.1. The van der Waals surface area contributed by atoms with E-state index in [4.69, 9.17) is 0 Å². The van der Waals surface area contributed by atoms with Gasteiger partial charge in [0.1, 0.15) is 0 Å². The van der Waals surface area contributed by atoms with Gasteiger partial charge in [0.05, 0.1) is 11.0 Å². The first-order valence-corrected chi connectivity index (χ1v) is 7.04. The smallest absolute Gasteiger partial charge is 0.197 e. The topological polar surface area (TPSA) is 34.0 Å². The summed E-state index contributed by atoms with van der Waals surface area (Å²) < 4.78 is 2.17. The quantitative estimate of drug-likeness (QED) is 0.588. The summed E-state index contributed by atoms with van der Waals surface area (Å²) in [6.07, 6.45) is 0. The van der Waals surface area contributed by atoms with Gasteiger partial charge in [0.15, 0.2) is 5.43 Å². The van der Waals surface area contributed by atoms with Gasteiger partial charge in [0.25, 0.3) is 0 Å². The van der Waals surface area contributed by atoms with E-state index < -0.39 is 0 Å². The summed E-state index contributed by atoms with van der Waals surface area (Å²) >= 11 is 0. The van der Waals surface area contributed by atoms with Crippen LogP contribution in [0.4, 0.5) is 0 Å². The Morgan fingerprint density at radius 1 is 1.05 bits per heavy atom. The van der Waals surface area contributed by atoms with Crippen molar-refractivity contribution < 1.29 is 0 Å². The summed E-state index contributed by atoms with van der Waals surface area (Å²) in [6.45, 7) is 5.57. The minimum absolute atomic E-state index is 0.0941. The maximum atomic E-state index is 12.6. The molecule has 3 heteroatoms. The van der Waals surface area contributed by atoms with Crippen molar-refractivity contribution in [2.24, 2.45) is 0 Å². The van der Waals surface area contributed by atoms with Gasteiger partial charge >= 0.3 is 0 Å². The summed E-state index contributed by atoms with van der Waals surface area (Å²) in [4.78, 5) is 12.6. The molecule has 0 aliphatic carbocycles. The highest BCUT2D eigenvalue weighted by Gasteiger charge is 2.10. The second-order valence-electron chi connectivity index (χ2n) is 5.23. The molecular formula is C18H18N2O. The minimum Gasteiger partial charge on any atom is -0.336 e. The largest absolute Gasteiger partial charge is 0.336 e. The second-order valence-corrected chi connectivity index (χ2v) is 5.23. The highest BCUT2D eigenvalue weighted by molar-refractivity contribution is 5.93. The third-order valence-corrected chi connectivity index (χ3v) is 3.69. The number of hydrogen-bond acceptors (Lipinski definition) is 2. The van der Waals surface area contributed by atoms with Crippen LogP contribution in [-0.2, 0) is 6.54 Å². The van der Waals surface area contributed by atoms with Crippen LogP contribution < -0.4 is 10.7 Å². The molecule has 1 heterocycles. The summed E-state index contributed by atoms with van der Waals surface area (Å²) in [5.74, 6) is 0. The molecule has 21 heavy (non-hydrogen) atoms. The van der Waals surface area contributed by atoms with Crippen molar-refractivity contribution in [3.63, 3.8) is 0 Å². The van der Waals surface area contributed by atoms with E-state index >= 15 is 0 Å². The van der Waals surface area contributed by atoms with E-state index in [1.807, 2.05) is 55.6 Å². The van der Waals surface area contributed by atoms with Gasteiger partial charge in [0.2, 0.25) is 0 Å². The second kappa shape index (κ2) is 5.54. The van der Waals surface area contributed by atoms with E-state index in [9.17, 15) is 4.79 Å². The number of rotatable bonds is 4. The van der Waals surface area contributed by atoms with Crippen LogP contribution in [0.25, 0.3) is 21.8 Å². The van der Waals surface area contributed by atoms with E-state index in [1.165, 1.54) is 0 Å². The van der Waals surface area contributed by atoms with Crippen LogP contribution in [0.3, 0.4) is 0 Å². The van der Waals surface area contributed by atoms with Crippen molar-refractivity contribution in [1.29, 1.82) is 0 Å². The molecule has 0 fully saturated rings. The normalized spacial score (nSPS) is 11.1. The lowest BCUT2D eigenvalue weighted by molar-refractivity contribution is 0.771. The van der Waals surface area contributed by atoms with Gasteiger partial charge in [0, 0.05) is 23.9 Å². The van der Waals surface area contributed by atoms with Gasteiger partial charge in [-0.25, -0.2) is 0 Å². The average Bonchev–Trinajstić information content (AvgIpc) is 2.52. The molecule has 0 saturated carbocycles. The van der Waals surface area contributed by atoms with Gasteiger partial charge in [-0.05, 0) is 36.9 Å². The summed E-state index contributed by atoms with van der Waals surface area (Å²) in [7, 11) is 1.91. The van der Waals surface area contributed by atoms with Crippen LogP contribution >= 0.6 is 0 Å². The van der Waals surface area contributed by atoms with Gasteiger partial charge < -0.3 is 9.88 Å². The number of fused-ring (bicyclic) bond motifs is 2. The lowest BCUT2D eigenvalue weighted by Crippen LogP contribution is -2.17. The van der Waals surface area contributed by atoms with Crippen molar-refractivity contribution in [3.05, 3.63) is 70.9 Å².